The van der Waals surface area contributed by atoms with Gasteiger partial charge in [0.25, 0.3) is 0 Å². The SMILES string of the molecule is CCCNCCCc1c(C)nc(Cc2cccs2)nc1C. The van der Waals surface area contributed by atoms with Crippen molar-refractivity contribution >= 4 is 11.3 Å². The van der Waals surface area contributed by atoms with Gasteiger partial charge in [0.1, 0.15) is 5.82 Å². The molecule has 0 amide bonds. The van der Waals surface area contributed by atoms with Crippen LogP contribution < -0.4 is 5.32 Å². The van der Waals surface area contributed by atoms with Crippen LogP contribution in [0.5, 0.6) is 0 Å². The zero-order valence-electron chi connectivity index (χ0n) is 13.3. The Kier molecular flexibility index (Phi) is 6.33. The molecule has 0 unspecified atom stereocenters. The number of aryl methyl sites for hydroxylation is 2. The molecule has 1 N–H and O–H groups in total. The number of thiophene rings is 1. The highest BCUT2D eigenvalue weighted by atomic mass is 32.1. The number of nitrogens with zero attached hydrogens (tertiary/aromatic N) is 2. The lowest BCUT2D eigenvalue weighted by molar-refractivity contribution is 0.636. The molecule has 0 aromatic carbocycles. The summed E-state index contributed by atoms with van der Waals surface area (Å²) in [5.41, 5.74) is 3.61. The summed E-state index contributed by atoms with van der Waals surface area (Å²) < 4.78 is 0. The van der Waals surface area contributed by atoms with Crippen LogP contribution in [0.3, 0.4) is 0 Å². The van der Waals surface area contributed by atoms with Gasteiger partial charge in [-0.1, -0.05) is 13.0 Å². The molecule has 4 heteroatoms. The lowest BCUT2D eigenvalue weighted by Crippen LogP contribution is -2.17. The van der Waals surface area contributed by atoms with E-state index in [0.717, 1.165) is 49.6 Å². The molecule has 114 valence electrons. The third-order valence-corrected chi connectivity index (χ3v) is 4.46. The van der Waals surface area contributed by atoms with Gasteiger partial charge >= 0.3 is 0 Å². The van der Waals surface area contributed by atoms with E-state index in [4.69, 9.17) is 9.97 Å². The van der Waals surface area contributed by atoms with Crippen molar-refractivity contribution in [1.82, 2.24) is 15.3 Å². The molecule has 3 nitrogen and oxygen atoms in total. The van der Waals surface area contributed by atoms with Crippen molar-refractivity contribution in [1.29, 1.82) is 0 Å². The van der Waals surface area contributed by atoms with Gasteiger partial charge in [0.05, 0.1) is 0 Å². The van der Waals surface area contributed by atoms with Crippen LogP contribution in [0, 0.1) is 13.8 Å². The first kappa shape index (κ1) is 16.1. The van der Waals surface area contributed by atoms with E-state index < -0.39 is 0 Å². The number of aromatic nitrogens is 2. The lowest BCUT2D eigenvalue weighted by atomic mass is 10.1. The van der Waals surface area contributed by atoms with Crippen molar-refractivity contribution in [3.05, 3.63) is 45.2 Å². The minimum absolute atomic E-state index is 0.845. The van der Waals surface area contributed by atoms with Crippen molar-refractivity contribution in [2.24, 2.45) is 0 Å². The molecule has 0 aliphatic rings. The van der Waals surface area contributed by atoms with Gasteiger partial charge in [-0.15, -0.1) is 11.3 Å². The summed E-state index contributed by atoms with van der Waals surface area (Å²) >= 11 is 1.77. The maximum absolute atomic E-state index is 4.70. The zero-order valence-corrected chi connectivity index (χ0v) is 14.1. The Bertz CT molecular complexity index is 526. The van der Waals surface area contributed by atoms with E-state index >= 15 is 0 Å². The zero-order chi connectivity index (χ0) is 15.1. The molecule has 0 saturated carbocycles. The van der Waals surface area contributed by atoms with Crippen LogP contribution in [-0.4, -0.2) is 23.1 Å². The Hall–Kier alpha value is -1.26. The normalized spacial score (nSPS) is 11.0. The molecule has 0 atom stereocenters. The first-order valence-corrected chi connectivity index (χ1v) is 8.64. The smallest absolute Gasteiger partial charge is 0.134 e. The van der Waals surface area contributed by atoms with Crippen LogP contribution >= 0.6 is 11.3 Å². The third-order valence-electron chi connectivity index (χ3n) is 3.59. The highest BCUT2D eigenvalue weighted by Gasteiger charge is 2.09. The summed E-state index contributed by atoms with van der Waals surface area (Å²) in [6.45, 7) is 8.60. The van der Waals surface area contributed by atoms with E-state index in [2.05, 4.69) is 43.6 Å². The third kappa shape index (κ3) is 4.90. The fraction of sp³-hybridized carbons (Fsp3) is 0.529. The lowest BCUT2D eigenvalue weighted by Gasteiger charge is -2.11. The van der Waals surface area contributed by atoms with Crippen molar-refractivity contribution in [3.63, 3.8) is 0 Å². The average Bonchev–Trinajstić information content (AvgIpc) is 2.94. The molecule has 0 aliphatic carbocycles. The van der Waals surface area contributed by atoms with Crippen LogP contribution in [0.2, 0.25) is 0 Å². The summed E-state index contributed by atoms with van der Waals surface area (Å²) in [6, 6.07) is 4.23. The maximum Gasteiger partial charge on any atom is 0.134 e. The number of nitrogens with one attached hydrogen (secondary N) is 1. The summed E-state index contributed by atoms with van der Waals surface area (Å²) in [6.07, 6.45) is 4.25. The predicted octanol–water partition coefficient (Wildman–Crippen LogP) is 3.68. The Morgan fingerprint density at radius 2 is 1.90 bits per heavy atom. The van der Waals surface area contributed by atoms with E-state index in [-0.39, 0.29) is 0 Å². The molecule has 2 aromatic rings. The van der Waals surface area contributed by atoms with Crippen LogP contribution in [0.4, 0.5) is 0 Å². The highest BCUT2D eigenvalue weighted by molar-refractivity contribution is 7.09. The van der Waals surface area contributed by atoms with E-state index in [0.29, 0.717) is 0 Å². The minimum Gasteiger partial charge on any atom is -0.317 e. The van der Waals surface area contributed by atoms with Crippen molar-refractivity contribution < 1.29 is 0 Å². The second-order valence-electron chi connectivity index (χ2n) is 5.40. The van der Waals surface area contributed by atoms with Gasteiger partial charge < -0.3 is 5.32 Å². The standard InChI is InChI=1S/C17H25N3S/c1-4-9-18-10-5-8-16-13(2)19-17(20-14(16)3)12-15-7-6-11-21-15/h6-7,11,18H,4-5,8-10,12H2,1-3H3. The van der Waals surface area contributed by atoms with E-state index in [1.54, 1.807) is 11.3 Å². The molecule has 0 aliphatic heterocycles. The van der Waals surface area contributed by atoms with Gasteiger partial charge in [0.15, 0.2) is 0 Å². The Balaban J connectivity index is 1.96. The Morgan fingerprint density at radius 3 is 2.52 bits per heavy atom. The van der Waals surface area contributed by atoms with Gasteiger partial charge in [-0.2, -0.15) is 0 Å². The summed E-state index contributed by atoms with van der Waals surface area (Å²) in [5, 5.41) is 5.55. The van der Waals surface area contributed by atoms with E-state index in [9.17, 15) is 0 Å². The van der Waals surface area contributed by atoms with E-state index in [1.807, 2.05) is 0 Å². The fourth-order valence-corrected chi connectivity index (χ4v) is 3.21. The topological polar surface area (TPSA) is 37.8 Å². The quantitative estimate of drug-likeness (QED) is 0.756. The second kappa shape index (κ2) is 8.25. The number of hydrogen-bond donors (Lipinski definition) is 1. The van der Waals surface area contributed by atoms with Gasteiger partial charge in [-0.25, -0.2) is 9.97 Å². The summed E-state index contributed by atoms with van der Waals surface area (Å²) in [7, 11) is 0. The highest BCUT2D eigenvalue weighted by Crippen LogP contribution is 2.16. The van der Waals surface area contributed by atoms with Crippen LogP contribution in [0.25, 0.3) is 0 Å². The first-order valence-electron chi connectivity index (χ1n) is 7.76. The van der Waals surface area contributed by atoms with Crippen molar-refractivity contribution in [3.8, 4) is 0 Å². The molecule has 0 fully saturated rings. The monoisotopic (exact) mass is 303 g/mol. The van der Waals surface area contributed by atoms with Gasteiger partial charge in [0, 0.05) is 22.7 Å². The number of hydrogen-bond acceptors (Lipinski definition) is 4. The van der Waals surface area contributed by atoms with Crippen LogP contribution in [-0.2, 0) is 12.8 Å². The Labute approximate surface area is 131 Å². The first-order chi connectivity index (χ1) is 10.2. The van der Waals surface area contributed by atoms with Crippen molar-refractivity contribution in [2.45, 2.75) is 46.5 Å². The fourth-order valence-electron chi connectivity index (χ4n) is 2.51. The molecule has 0 saturated heterocycles. The molecule has 0 radical (unpaired) electrons. The van der Waals surface area contributed by atoms with E-state index in [1.165, 1.54) is 16.9 Å². The maximum atomic E-state index is 4.70. The molecule has 0 spiro atoms. The molecule has 21 heavy (non-hydrogen) atoms. The predicted molar refractivity (Wildman–Crippen MR) is 90.1 cm³/mol. The average molecular weight is 303 g/mol. The number of rotatable bonds is 8. The summed E-state index contributed by atoms with van der Waals surface area (Å²) in [5.74, 6) is 0.945. The molecule has 2 aromatic heterocycles. The van der Waals surface area contributed by atoms with Crippen LogP contribution in [0.15, 0.2) is 17.5 Å². The molecular formula is C17H25N3S. The van der Waals surface area contributed by atoms with Gasteiger partial charge in [0.2, 0.25) is 0 Å². The van der Waals surface area contributed by atoms with Gasteiger partial charge in [-0.05, 0) is 63.2 Å². The molecule has 2 rings (SSSR count). The van der Waals surface area contributed by atoms with Crippen molar-refractivity contribution in [2.75, 3.05) is 13.1 Å². The largest absolute Gasteiger partial charge is 0.317 e. The van der Waals surface area contributed by atoms with Crippen LogP contribution in [0.1, 0.15) is 47.4 Å². The molecule has 2 heterocycles. The summed E-state index contributed by atoms with van der Waals surface area (Å²) in [4.78, 5) is 10.7. The van der Waals surface area contributed by atoms with Gasteiger partial charge in [-0.3, -0.25) is 0 Å². The Morgan fingerprint density at radius 1 is 1.14 bits per heavy atom. The molecule has 0 bridgehead atoms. The minimum atomic E-state index is 0.845. The second-order valence-corrected chi connectivity index (χ2v) is 6.43. The molecular weight excluding hydrogens is 278 g/mol.